The minimum Gasteiger partial charge on any atom is -0.339 e. The molecule has 1 aromatic heterocycles. The van der Waals surface area contributed by atoms with Crippen LogP contribution in [0.4, 0.5) is 5.13 Å². The third-order valence-corrected chi connectivity index (χ3v) is 6.23. The Morgan fingerprint density at radius 2 is 1.73 bits per heavy atom. The van der Waals surface area contributed by atoms with Crippen molar-refractivity contribution in [2.45, 2.75) is 19.3 Å². The Hall–Kier alpha value is -2.77. The van der Waals surface area contributed by atoms with Crippen LogP contribution in [0.5, 0.6) is 0 Å². The lowest BCUT2D eigenvalue weighted by Gasteiger charge is -2.31. The smallest absolute Gasteiger partial charge is 0.253 e. The first-order valence-corrected chi connectivity index (χ1v) is 11.0. The van der Waals surface area contributed by atoms with Gasteiger partial charge in [0, 0.05) is 36.0 Å². The molecule has 0 saturated carbocycles. The van der Waals surface area contributed by atoms with Crippen LogP contribution in [0, 0.1) is 5.92 Å². The summed E-state index contributed by atoms with van der Waals surface area (Å²) in [6, 6.07) is 16.9. The molecule has 1 saturated heterocycles. The van der Waals surface area contributed by atoms with Crippen molar-refractivity contribution < 1.29 is 9.59 Å². The van der Waals surface area contributed by atoms with Gasteiger partial charge in [0.25, 0.3) is 5.91 Å². The number of hydrogen-bond donors (Lipinski definition) is 1. The van der Waals surface area contributed by atoms with E-state index in [4.69, 9.17) is 11.6 Å². The molecule has 6 nitrogen and oxygen atoms in total. The fraction of sp³-hybridized carbons (Fsp3) is 0.273. The Balaban J connectivity index is 1.28. The maximum absolute atomic E-state index is 12.6. The Morgan fingerprint density at radius 3 is 2.43 bits per heavy atom. The molecule has 8 heteroatoms. The molecule has 0 radical (unpaired) electrons. The van der Waals surface area contributed by atoms with Crippen molar-refractivity contribution in [2.75, 3.05) is 18.4 Å². The monoisotopic (exact) mass is 440 g/mol. The molecule has 0 atom stereocenters. The van der Waals surface area contributed by atoms with Gasteiger partial charge < -0.3 is 10.2 Å². The fourth-order valence-electron chi connectivity index (χ4n) is 3.47. The van der Waals surface area contributed by atoms with E-state index < -0.39 is 0 Å². The second-order valence-electron chi connectivity index (χ2n) is 7.23. The molecule has 1 aliphatic rings. The number of piperidine rings is 1. The van der Waals surface area contributed by atoms with Crippen LogP contribution < -0.4 is 5.32 Å². The average molecular weight is 441 g/mol. The maximum atomic E-state index is 12.6. The summed E-state index contributed by atoms with van der Waals surface area (Å²) in [5, 5.41) is 13.1. The number of anilines is 1. The summed E-state index contributed by atoms with van der Waals surface area (Å²) < 4.78 is 0. The molecular weight excluding hydrogens is 420 g/mol. The predicted molar refractivity (Wildman–Crippen MR) is 118 cm³/mol. The second kappa shape index (κ2) is 9.36. The normalized spacial score (nSPS) is 14.5. The molecule has 0 bridgehead atoms. The van der Waals surface area contributed by atoms with Crippen LogP contribution in [0.25, 0.3) is 0 Å². The summed E-state index contributed by atoms with van der Waals surface area (Å²) in [4.78, 5) is 27.0. The van der Waals surface area contributed by atoms with E-state index in [-0.39, 0.29) is 17.7 Å². The molecule has 1 fully saturated rings. The van der Waals surface area contributed by atoms with Crippen molar-refractivity contribution in [3.8, 4) is 0 Å². The van der Waals surface area contributed by atoms with Crippen LogP contribution in [-0.4, -0.2) is 40.0 Å². The number of hydrogen-bond acceptors (Lipinski definition) is 5. The first-order valence-electron chi connectivity index (χ1n) is 9.80. The highest BCUT2D eigenvalue weighted by Crippen LogP contribution is 2.23. The third-order valence-electron chi connectivity index (χ3n) is 5.14. The van der Waals surface area contributed by atoms with Crippen LogP contribution >= 0.6 is 22.9 Å². The van der Waals surface area contributed by atoms with Gasteiger partial charge in [-0.15, -0.1) is 10.2 Å². The first-order chi connectivity index (χ1) is 14.6. The predicted octanol–water partition coefficient (Wildman–Crippen LogP) is 4.27. The quantitative estimate of drug-likeness (QED) is 0.642. The van der Waals surface area contributed by atoms with E-state index in [1.54, 1.807) is 29.2 Å². The van der Waals surface area contributed by atoms with E-state index in [1.165, 1.54) is 11.3 Å². The second-order valence-corrected chi connectivity index (χ2v) is 8.72. The summed E-state index contributed by atoms with van der Waals surface area (Å²) in [7, 11) is 0. The maximum Gasteiger partial charge on any atom is 0.253 e. The number of nitrogens with one attached hydrogen (secondary N) is 1. The van der Waals surface area contributed by atoms with E-state index in [1.807, 2.05) is 30.3 Å². The number of halogens is 1. The van der Waals surface area contributed by atoms with Crippen molar-refractivity contribution in [3.63, 3.8) is 0 Å². The van der Waals surface area contributed by atoms with Gasteiger partial charge in [0.2, 0.25) is 11.0 Å². The summed E-state index contributed by atoms with van der Waals surface area (Å²) >= 11 is 7.28. The molecule has 154 valence electrons. The average Bonchev–Trinajstić information content (AvgIpc) is 3.21. The zero-order valence-corrected chi connectivity index (χ0v) is 17.8. The van der Waals surface area contributed by atoms with E-state index in [0.717, 1.165) is 10.6 Å². The van der Waals surface area contributed by atoms with Gasteiger partial charge in [0.05, 0.1) is 0 Å². The van der Waals surface area contributed by atoms with Gasteiger partial charge in [-0.3, -0.25) is 9.59 Å². The zero-order chi connectivity index (χ0) is 20.9. The van der Waals surface area contributed by atoms with Crippen molar-refractivity contribution >= 4 is 39.9 Å². The highest BCUT2D eigenvalue weighted by Gasteiger charge is 2.28. The molecule has 3 aromatic rings. The fourth-order valence-corrected chi connectivity index (χ4v) is 4.38. The van der Waals surface area contributed by atoms with Crippen LogP contribution in [0.1, 0.15) is 33.8 Å². The molecule has 2 aromatic carbocycles. The Morgan fingerprint density at radius 1 is 1.03 bits per heavy atom. The molecular formula is C22H21ClN4O2S. The standard InChI is InChI=1S/C22H21ClN4O2S/c23-18-8-6-17(7-9-18)21(29)27-12-10-16(11-13-27)20(28)24-22-26-25-19(30-22)14-15-4-2-1-3-5-15/h1-9,16H,10-14H2,(H,24,26,28). The summed E-state index contributed by atoms with van der Waals surface area (Å²) in [6.07, 6.45) is 1.95. The zero-order valence-electron chi connectivity index (χ0n) is 16.3. The van der Waals surface area contributed by atoms with Crippen LogP contribution in [-0.2, 0) is 11.2 Å². The lowest BCUT2D eigenvalue weighted by molar-refractivity contribution is -0.121. The molecule has 2 amide bonds. The molecule has 0 aliphatic carbocycles. The summed E-state index contributed by atoms with van der Waals surface area (Å²) in [5.41, 5.74) is 1.77. The van der Waals surface area contributed by atoms with Crippen molar-refractivity contribution in [3.05, 3.63) is 75.8 Å². The molecule has 1 N–H and O–H groups in total. The number of aromatic nitrogens is 2. The van der Waals surface area contributed by atoms with Crippen LogP contribution in [0.2, 0.25) is 5.02 Å². The SMILES string of the molecule is O=C(Nc1nnc(Cc2ccccc2)s1)C1CCN(C(=O)c2ccc(Cl)cc2)CC1. The van der Waals surface area contributed by atoms with Gasteiger partial charge in [-0.05, 0) is 42.7 Å². The number of amides is 2. The largest absolute Gasteiger partial charge is 0.339 e. The number of rotatable bonds is 5. The van der Waals surface area contributed by atoms with Crippen LogP contribution in [0.15, 0.2) is 54.6 Å². The van der Waals surface area contributed by atoms with Crippen LogP contribution in [0.3, 0.4) is 0 Å². The van der Waals surface area contributed by atoms with Gasteiger partial charge in [0.1, 0.15) is 5.01 Å². The molecule has 0 spiro atoms. The van der Waals surface area contributed by atoms with Gasteiger partial charge in [-0.25, -0.2) is 0 Å². The number of benzene rings is 2. The highest BCUT2D eigenvalue weighted by molar-refractivity contribution is 7.15. The number of nitrogens with zero attached hydrogens (tertiary/aromatic N) is 3. The lowest BCUT2D eigenvalue weighted by atomic mass is 9.95. The van der Waals surface area contributed by atoms with Gasteiger partial charge >= 0.3 is 0 Å². The van der Waals surface area contributed by atoms with Gasteiger partial charge in [0.15, 0.2) is 0 Å². The van der Waals surface area contributed by atoms with E-state index >= 15 is 0 Å². The Bertz CT molecular complexity index is 1020. The Kier molecular flexibility index (Phi) is 6.40. The Labute approximate surface area is 183 Å². The van der Waals surface area contributed by atoms with Gasteiger partial charge in [-0.1, -0.05) is 53.3 Å². The van der Waals surface area contributed by atoms with Crippen molar-refractivity contribution in [1.82, 2.24) is 15.1 Å². The van der Waals surface area contributed by atoms with Crippen molar-refractivity contribution in [1.29, 1.82) is 0 Å². The lowest BCUT2D eigenvalue weighted by Crippen LogP contribution is -2.41. The molecule has 1 aliphatic heterocycles. The summed E-state index contributed by atoms with van der Waals surface area (Å²) in [5.74, 6) is -0.225. The molecule has 0 unspecified atom stereocenters. The van der Waals surface area contributed by atoms with Crippen molar-refractivity contribution in [2.24, 2.45) is 5.92 Å². The molecule has 2 heterocycles. The number of carbonyl (C=O) groups is 2. The van der Waals surface area contributed by atoms with E-state index in [9.17, 15) is 9.59 Å². The number of likely N-dealkylation sites (tertiary alicyclic amines) is 1. The molecule has 4 rings (SSSR count). The van der Waals surface area contributed by atoms with E-state index in [0.29, 0.717) is 48.1 Å². The third kappa shape index (κ3) is 5.04. The minimum absolute atomic E-state index is 0.0276. The topological polar surface area (TPSA) is 75.2 Å². The number of carbonyl (C=O) groups excluding carboxylic acids is 2. The minimum atomic E-state index is -0.138. The van der Waals surface area contributed by atoms with E-state index in [2.05, 4.69) is 15.5 Å². The summed E-state index contributed by atoms with van der Waals surface area (Å²) in [6.45, 7) is 1.10. The highest BCUT2D eigenvalue weighted by atomic mass is 35.5. The van der Waals surface area contributed by atoms with Gasteiger partial charge in [-0.2, -0.15) is 0 Å². The first kappa shape index (κ1) is 20.5. The molecule has 30 heavy (non-hydrogen) atoms.